The molecule has 0 radical (unpaired) electrons. The van der Waals surface area contributed by atoms with Gasteiger partial charge in [0.25, 0.3) is 0 Å². The van der Waals surface area contributed by atoms with Crippen molar-refractivity contribution in [1.82, 2.24) is 14.8 Å². The van der Waals surface area contributed by atoms with Crippen molar-refractivity contribution < 1.29 is 14.3 Å². The minimum absolute atomic E-state index is 0.0771. The van der Waals surface area contributed by atoms with E-state index in [1.807, 2.05) is 0 Å². The van der Waals surface area contributed by atoms with Gasteiger partial charge in [-0.2, -0.15) is 0 Å². The van der Waals surface area contributed by atoms with E-state index < -0.39 is 0 Å². The lowest BCUT2D eigenvalue weighted by Gasteiger charge is -2.06. The summed E-state index contributed by atoms with van der Waals surface area (Å²) in [6.45, 7) is 0. The van der Waals surface area contributed by atoms with E-state index in [0.29, 0.717) is 22.2 Å². The number of thioether (sulfide) groups is 1. The fourth-order valence-corrected chi connectivity index (χ4v) is 2.94. The fourth-order valence-electron chi connectivity index (χ4n) is 2.23. The highest BCUT2D eigenvalue weighted by atomic mass is 32.2. The standard InChI is InChI=1S/C17H15FN4O2S/c1-22-16(13-7-2-3-8-14(13)18)20-21-17(22)25-10-15(24)19-11-5-4-6-12(23)9-11/h2-9,23H,10H2,1H3,(H,19,24). The van der Waals surface area contributed by atoms with E-state index in [1.54, 1.807) is 41.9 Å². The van der Waals surface area contributed by atoms with Crippen LogP contribution in [-0.2, 0) is 11.8 Å². The Bertz CT molecular complexity index is 913. The number of hydrogen-bond donors (Lipinski definition) is 2. The number of aromatic hydroxyl groups is 1. The number of aromatic nitrogens is 3. The molecule has 0 unspecified atom stereocenters. The normalized spacial score (nSPS) is 10.6. The van der Waals surface area contributed by atoms with Crippen LogP contribution in [0.1, 0.15) is 0 Å². The quantitative estimate of drug-likeness (QED) is 0.685. The number of nitrogens with zero attached hydrogens (tertiary/aromatic N) is 3. The summed E-state index contributed by atoms with van der Waals surface area (Å²) < 4.78 is 15.5. The third-order valence-corrected chi connectivity index (χ3v) is 4.43. The Labute approximate surface area is 147 Å². The van der Waals surface area contributed by atoms with E-state index >= 15 is 0 Å². The average molecular weight is 358 g/mol. The number of anilines is 1. The first-order valence-corrected chi connectivity index (χ1v) is 8.39. The summed E-state index contributed by atoms with van der Waals surface area (Å²) in [5, 5.41) is 20.6. The maximum Gasteiger partial charge on any atom is 0.234 e. The third-order valence-electron chi connectivity index (χ3n) is 3.41. The highest BCUT2D eigenvalue weighted by Crippen LogP contribution is 2.24. The number of rotatable bonds is 5. The zero-order chi connectivity index (χ0) is 17.8. The van der Waals surface area contributed by atoms with Crippen LogP contribution >= 0.6 is 11.8 Å². The Morgan fingerprint density at radius 1 is 1.24 bits per heavy atom. The topological polar surface area (TPSA) is 80.0 Å². The van der Waals surface area contributed by atoms with Gasteiger partial charge in [0, 0.05) is 18.8 Å². The maximum absolute atomic E-state index is 13.9. The second kappa shape index (κ2) is 7.35. The van der Waals surface area contributed by atoms with Crippen molar-refractivity contribution >= 4 is 23.4 Å². The first-order valence-electron chi connectivity index (χ1n) is 7.40. The molecule has 2 N–H and O–H groups in total. The molecule has 25 heavy (non-hydrogen) atoms. The van der Waals surface area contributed by atoms with Crippen LogP contribution in [0.2, 0.25) is 0 Å². The summed E-state index contributed by atoms with van der Waals surface area (Å²) in [6, 6.07) is 12.6. The van der Waals surface area contributed by atoms with Crippen molar-refractivity contribution in [3.05, 3.63) is 54.3 Å². The van der Waals surface area contributed by atoms with Gasteiger partial charge in [-0.15, -0.1) is 10.2 Å². The summed E-state index contributed by atoms with van der Waals surface area (Å²) in [7, 11) is 1.72. The molecule has 0 bridgehead atoms. The second-order valence-electron chi connectivity index (χ2n) is 5.23. The van der Waals surface area contributed by atoms with E-state index in [-0.39, 0.29) is 23.2 Å². The predicted octanol–water partition coefficient (Wildman–Crippen LogP) is 3.06. The van der Waals surface area contributed by atoms with E-state index in [1.165, 1.54) is 30.0 Å². The minimum Gasteiger partial charge on any atom is -0.508 e. The minimum atomic E-state index is -0.379. The Balaban J connectivity index is 1.66. The van der Waals surface area contributed by atoms with Gasteiger partial charge in [0.2, 0.25) is 5.91 Å². The van der Waals surface area contributed by atoms with E-state index in [4.69, 9.17) is 0 Å². The molecule has 0 aliphatic carbocycles. The monoisotopic (exact) mass is 358 g/mol. The molecule has 0 saturated heterocycles. The summed E-state index contributed by atoms with van der Waals surface area (Å²) in [4.78, 5) is 12.0. The van der Waals surface area contributed by atoms with Crippen molar-refractivity contribution in [2.75, 3.05) is 11.1 Å². The zero-order valence-electron chi connectivity index (χ0n) is 13.3. The third kappa shape index (κ3) is 3.97. The van der Waals surface area contributed by atoms with Crippen LogP contribution < -0.4 is 5.32 Å². The lowest BCUT2D eigenvalue weighted by Crippen LogP contribution is -2.14. The lowest BCUT2D eigenvalue weighted by molar-refractivity contribution is -0.113. The van der Waals surface area contributed by atoms with Crippen molar-refractivity contribution in [3.63, 3.8) is 0 Å². The van der Waals surface area contributed by atoms with Crippen molar-refractivity contribution in [1.29, 1.82) is 0 Å². The Morgan fingerprint density at radius 3 is 2.80 bits per heavy atom. The Morgan fingerprint density at radius 2 is 2.04 bits per heavy atom. The molecule has 1 heterocycles. The molecule has 1 amide bonds. The van der Waals surface area contributed by atoms with Gasteiger partial charge in [-0.25, -0.2) is 4.39 Å². The molecule has 2 aromatic carbocycles. The molecule has 128 valence electrons. The second-order valence-corrected chi connectivity index (χ2v) is 6.17. The highest BCUT2D eigenvalue weighted by molar-refractivity contribution is 7.99. The first kappa shape index (κ1) is 17.0. The molecule has 0 spiro atoms. The largest absolute Gasteiger partial charge is 0.508 e. The first-order chi connectivity index (χ1) is 12.0. The SMILES string of the molecule is Cn1c(SCC(=O)Nc2cccc(O)c2)nnc1-c1ccccc1F. The Kier molecular flexibility index (Phi) is 4.99. The molecule has 0 fully saturated rings. The van der Waals surface area contributed by atoms with Gasteiger partial charge >= 0.3 is 0 Å². The molecule has 6 nitrogen and oxygen atoms in total. The zero-order valence-corrected chi connectivity index (χ0v) is 14.1. The number of benzene rings is 2. The number of amides is 1. The number of phenolic OH excluding ortho intramolecular Hbond substituents is 1. The van der Waals surface area contributed by atoms with Gasteiger partial charge in [-0.05, 0) is 24.3 Å². The average Bonchev–Trinajstić information content (AvgIpc) is 2.94. The summed E-state index contributed by atoms with van der Waals surface area (Å²) in [5.41, 5.74) is 0.865. The molecule has 0 atom stereocenters. The number of hydrogen-bond acceptors (Lipinski definition) is 5. The van der Waals surface area contributed by atoms with Gasteiger partial charge in [-0.1, -0.05) is 30.0 Å². The molecule has 0 saturated carbocycles. The number of carbonyl (C=O) groups excluding carboxylic acids is 1. The summed E-state index contributed by atoms with van der Waals surface area (Å²) >= 11 is 1.19. The van der Waals surface area contributed by atoms with Crippen LogP contribution in [0.25, 0.3) is 11.4 Å². The number of phenols is 1. The van der Waals surface area contributed by atoms with E-state index in [0.717, 1.165) is 0 Å². The molecule has 3 rings (SSSR count). The number of nitrogens with one attached hydrogen (secondary N) is 1. The van der Waals surface area contributed by atoms with Crippen molar-refractivity contribution in [3.8, 4) is 17.1 Å². The van der Waals surface area contributed by atoms with Gasteiger partial charge in [0.15, 0.2) is 11.0 Å². The van der Waals surface area contributed by atoms with Crippen molar-refractivity contribution in [2.45, 2.75) is 5.16 Å². The molecule has 3 aromatic rings. The molecule has 0 aliphatic rings. The smallest absolute Gasteiger partial charge is 0.234 e. The fraction of sp³-hybridized carbons (Fsp3) is 0.118. The highest BCUT2D eigenvalue weighted by Gasteiger charge is 2.15. The maximum atomic E-state index is 13.9. The molecular weight excluding hydrogens is 343 g/mol. The van der Waals surface area contributed by atoms with Crippen LogP contribution in [0.4, 0.5) is 10.1 Å². The summed E-state index contributed by atoms with van der Waals surface area (Å²) in [6.07, 6.45) is 0. The van der Waals surface area contributed by atoms with Crippen LogP contribution in [0.3, 0.4) is 0 Å². The lowest BCUT2D eigenvalue weighted by atomic mass is 10.2. The predicted molar refractivity (Wildman–Crippen MR) is 93.9 cm³/mol. The van der Waals surface area contributed by atoms with Crippen LogP contribution in [0.5, 0.6) is 5.75 Å². The molecule has 0 aliphatic heterocycles. The number of carbonyl (C=O) groups is 1. The van der Waals surface area contributed by atoms with Crippen LogP contribution in [0.15, 0.2) is 53.7 Å². The molecular formula is C17H15FN4O2S. The number of halogens is 1. The van der Waals surface area contributed by atoms with Gasteiger partial charge < -0.3 is 15.0 Å². The van der Waals surface area contributed by atoms with E-state index in [9.17, 15) is 14.3 Å². The van der Waals surface area contributed by atoms with Crippen LogP contribution in [0, 0.1) is 5.82 Å². The van der Waals surface area contributed by atoms with E-state index in [2.05, 4.69) is 15.5 Å². The Hall–Kier alpha value is -2.87. The van der Waals surface area contributed by atoms with Gasteiger partial charge in [-0.3, -0.25) is 4.79 Å². The summed E-state index contributed by atoms with van der Waals surface area (Å²) in [5.74, 6) is -0.0386. The van der Waals surface area contributed by atoms with Gasteiger partial charge in [0.05, 0.1) is 11.3 Å². The van der Waals surface area contributed by atoms with Crippen molar-refractivity contribution in [2.24, 2.45) is 7.05 Å². The molecule has 8 heteroatoms. The molecule has 1 aromatic heterocycles. The van der Waals surface area contributed by atoms with Crippen LogP contribution in [-0.4, -0.2) is 31.5 Å². The van der Waals surface area contributed by atoms with Gasteiger partial charge in [0.1, 0.15) is 11.6 Å².